The van der Waals surface area contributed by atoms with E-state index in [1.807, 2.05) is 0 Å². The summed E-state index contributed by atoms with van der Waals surface area (Å²) in [6.45, 7) is 0.257. The fraction of sp³-hybridized carbons (Fsp3) is 0.273. The Balaban J connectivity index is 2.07. The molecule has 0 bridgehead atoms. The molecule has 1 aromatic heterocycles. The Bertz CT molecular complexity index is 667. The highest BCUT2D eigenvalue weighted by molar-refractivity contribution is 7.90. The molecule has 2 aromatic rings. The molecule has 19 heavy (non-hydrogen) atoms. The Morgan fingerprint density at radius 2 is 2.16 bits per heavy atom. The molecular weight excluding hydrogens is 286 g/mol. The van der Waals surface area contributed by atoms with E-state index in [1.165, 1.54) is 23.5 Å². The van der Waals surface area contributed by atoms with Crippen LogP contribution in [0.25, 0.3) is 0 Å². The fourth-order valence-corrected chi connectivity index (χ4v) is 2.62. The number of aromatic nitrogens is 2. The van der Waals surface area contributed by atoms with Crippen LogP contribution in [0.2, 0.25) is 0 Å². The van der Waals surface area contributed by atoms with Crippen LogP contribution in [0.3, 0.4) is 0 Å². The summed E-state index contributed by atoms with van der Waals surface area (Å²) in [5.41, 5.74) is 0. The molecule has 0 aliphatic carbocycles. The Morgan fingerprint density at radius 1 is 1.37 bits per heavy atom. The molecule has 0 unspecified atom stereocenters. The van der Waals surface area contributed by atoms with E-state index in [0.717, 1.165) is 6.26 Å². The van der Waals surface area contributed by atoms with E-state index >= 15 is 0 Å². The Morgan fingerprint density at radius 3 is 2.79 bits per heavy atom. The van der Waals surface area contributed by atoms with Gasteiger partial charge in [0.25, 0.3) is 0 Å². The third-order valence-corrected chi connectivity index (χ3v) is 4.30. The summed E-state index contributed by atoms with van der Waals surface area (Å²) in [5.74, 6) is 0.490. The number of hydrogen-bond donors (Lipinski definition) is 1. The predicted molar refractivity (Wildman–Crippen MR) is 73.3 cm³/mol. The first kappa shape index (κ1) is 13.8. The first-order chi connectivity index (χ1) is 8.99. The van der Waals surface area contributed by atoms with Crippen LogP contribution >= 0.6 is 11.3 Å². The summed E-state index contributed by atoms with van der Waals surface area (Å²) in [6, 6.07) is 6.38. The molecule has 0 amide bonds. The van der Waals surface area contributed by atoms with Crippen LogP contribution in [-0.2, 0) is 16.4 Å². The molecule has 0 fully saturated rings. The molecule has 1 aromatic carbocycles. The molecule has 0 spiro atoms. The van der Waals surface area contributed by atoms with Crippen LogP contribution in [-0.4, -0.2) is 31.9 Å². The van der Waals surface area contributed by atoms with Crippen LogP contribution in [0.15, 0.2) is 29.2 Å². The van der Waals surface area contributed by atoms with Gasteiger partial charge in [-0.15, -0.1) is 10.2 Å². The van der Waals surface area contributed by atoms with Crippen molar-refractivity contribution in [3.8, 4) is 5.75 Å². The zero-order valence-corrected chi connectivity index (χ0v) is 12.1. The van der Waals surface area contributed by atoms with Crippen molar-refractivity contribution in [2.75, 3.05) is 18.6 Å². The second-order valence-electron chi connectivity index (χ2n) is 3.79. The van der Waals surface area contributed by atoms with E-state index in [4.69, 9.17) is 4.74 Å². The quantitative estimate of drug-likeness (QED) is 0.902. The summed E-state index contributed by atoms with van der Waals surface area (Å²) < 4.78 is 28.3. The predicted octanol–water partition coefficient (Wildman–Crippen LogP) is 1.56. The number of sulfone groups is 1. The molecule has 0 atom stereocenters. The van der Waals surface area contributed by atoms with Crippen molar-refractivity contribution < 1.29 is 13.2 Å². The van der Waals surface area contributed by atoms with E-state index in [2.05, 4.69) is 15.5 Å². The topological polar surface area (TPSA) is 81.2 Å². The van der Waals surface area contributed by atoms with Gasteiger partial charge in [-0.05, 0) is 18.2 Å². The van der Waals surface area contributed by atoms with Gasteiger partial charge < -0.3 is 10.1 Å². The van der Waals surface area contributed by atoms with Crippen molar-refractivity contribution >= 4 is 26.3 Å². The van der Waals surface area contributed by atoms with Crippen molar-refractivity contribution in [3.05, 3.63) is 29.3 Å². The molecule has 1 N–H and O–H groups in total. The minimum absolute atomic E-state index is 0.234. The maximum absolute atomic E-state index is 11.4. The van der Waals surface area contributed by atoms with E-state index in [1.54, 1.807) is 19.2 Å². The lowest BCUT2D eigenvalue weighted by atomic mass is 10.3. The zero-order chi connectivity index (χ0) is 13.9. The van der Waals surface area contributed by atoms with Crippen molar-refractivity contribution in [2.24, 2.45) is 0 Å². The normalized spacial score (nSPS) is 11.3. The average Bonchev–Trinajstić information content (AvgIpc) is 2.84. The Hall–Kier alpha value is -1.67. The van der Waals surface area contributed by atoms with E-state index < -0.39 is 9.84 Å². The molecule has 0 saturated carbocycles. The van der Waals surface area contributed by atoms with Gasteiger partial charge in [0.05, 0.1) is 4.90 Å². The van der Waals surface area contributed by atoms with Gasteiger partial charge in [0.2, 0.25) is 5.13 Å². The first-order valence-electron chi connectivity index (χ1n) is 5.42. The number of benzene rings is 1. The molecule has 0 aliphatic rings. The summed E-state index contributed by atoms with van der Waals surface area (Å²) in [4.78, 5) is 0.234. The van der Waals surface area contributed by atoms with Crippen LogP contribution in [0.4, 0.5) is 5.13 Å². The molecule has 0 saturated heterocycles. The number of ether oxygens (including phenoxy) is 1. The van der Waals surface area contributed by atoms with E-state index in [-0.39, 0.29) is 11.5 Å². The highest BCUT2D eigenvalue weighted by Crippen LogP contribution is 2.20. The molecule has 6 nitrogen and oxygen atoms in total. The molecule has 1 heterocycles. The maximum Gasteiger partial charge on any atom is 0.205 e. The van der Waals surface area contributed by atoms with E-state index in [9.17, 15) is 8.42 Å². The SMILES string of the molecule is CNc1nnc(COc2cccc(S(C)(=O)=O)c2)s1. The zero-order valence-electron chi connectivity index (χ0n) is 10.5. The van der Waals surface area contributed by atoms with Gasteiger partial charge in [0, 0.05) is 13.3 Å². The number of nitrogens with zero attached hydrogens (tertiary/aromatic N) is 2. The lowest BCUT2D eigenvalue weighted by Crippen LogP contribution is -1.99. The Labute approximate surface area is 115 Å². The number of hydrogen-bond acceptors (Lipinski definition) is 7. The van der Waals surface area contributed by atoms with Crippen LogP contribution in [0, 0.1) is 0 Å². The van der Waals surface area contributed by atoms with Gasteiger partial charge in [0.15, 0.2) is 14.8 Å². The van der Waals surface area contributed by atoms with Crippen LogP contribution in [0.1, 0.15) is 5.01 Å². The van der Waals surface area contributed by atoms with Gasteiger partial charge in [-0.25, -0.2) is 8.42 Å². The molecule has 0 radical (unpaired) electrons. The third kappa shape index (κ3) is 3.65. The largest absolute Gasteiger partial charge is 0.486 e. The summed E-state index contributed by atoms with van der Waals surface area (Å²) in [6.07, 6.45) is 1.16. The second-order valence-corrected chi connectivity index (χ2v) is 6.86. The van der Waals surface area contributed by atoms with Gasteiger partial charge >= 0.3 is 0 Å². The first-order valence-corrected chi connectivity index (χ1v) is 8.13. The molecule has 2 rings (SSSR count). The van der Waals surface area contributed by atoms with Gasteiger partial charge in [-0.2, -0.15) is 0 Å². The van der Waals surface area contributed by atoms with Crippen molar-refractivity contribution in [2.45, 2.75) is 11.5 Å². The molecular formula is C11H13N3O3S2. The molecule has 0 aliphatic heterocycles. The van der Waals surface area contributed by atoms with Gasteiger partial charge in [-0.1, -0.05) is 17.4 Å². The summed E-state index contributed by atoms with van der Waals surface area (Å²) >= 11 is 1.39. The lowest BCUT2D eigenvalue weighted by Gasteiger charge is -2.05. The average molecular weight is 299 g/mol. The highest BCUT2D eigenvalue weighted by Gasteiger charge is 2.09. The Kier molecular flexibility index (Phi) is 4.01. The van der Waals surface area contributed by atoms with Crippen molar-refractivity contribution in [1.29, 1.82) is 0 Å². The summed E-state index contributed by atoms with van der Waals surface area (Å²) in [5, 5.41) is 12.1. The maximum atomic E-state index is 11.4. The van der Waals surface area contributed by atoms with Gasteiger partial charge in [0.1, 0.15) is 12.4 Å². The molecule has 102 valence electrons. The molecule has 8 heteroatoms. The minimum atomic E-state index is -3.22. The van der Waals surface area contributed by atoms with Gasteiger partial charge in [-0.3, -0.25) is 0 Å². The number of anilines is 1. The smallest absolute Gasteiger partial charge is 0.205 e. The monoisotopic (exact) mass is 299 g/mol. The second kappa shape index (κ2) is 5.54. The fourth-order valence-electron chi connectivity index (χ4n) is 1.35. The number of nitrogens with one attached hydrogen (secondary N) is 1. The highest BCUT2D eigenvalue weighted by atomic mass is 32.2. The van der Waals surface area contributed by atoms with E-state index in [0.29, 0.717) is 15.9 Å². The summed E-state index contributed by atoms with van der Waals surface area (Å²) in [7, 11) is -1.46. The minimum Gasteiger partial charge on any atom is -0.486 e. The van der Waals surface area contributed by atoms with Crippen LogP contribution < -0.4 is 10.1 Å². The number of rotatable bonds is 5. The standard InChI is InChI=1S/C11H13N3O3S2/c1-12-11-14-13-10(18-11)7-17-8-4-3-5-9(6-8)19(2,15)16/h3-6H,7H2,1-2H3,(H,12,14). The van der Waals surface area contributed by atoms with Crippen molar-refractivity contribution in [3.63, 3.8) is 0 Å². The third-order valence-electron chi connectivity index (χ3n) is 2.28. The lowest BCUT2D eigenvalue weighted by molar-refractivity contribution is 0.303. The van der Waals surface area contributed by atoms with Crippen molar-refractivity contribution in [1.82, 2.24) is 10.2 Å². The van der Waals surface area contributed by atoms with Crippen LogP contribution in [0.5, 0.6) is 5.75 Å².